The molecule has 3 aromatic rings. The van der Waals surface area contributed by atoms with Crippen molar-refractivity contribution < 1.29 is 8.42 Å². The van der Waals surface area contributed by atoms with Gasteiger partial charge in [0.25, 0.3) is 0 Å². The molecular weight excluding hydrogens is 276 g/mol. The van der Waals surface area contributed by atoms with E-state index in [0.29, 0.717) is 5.82 Å². The molecule has 6 nitrogen and oxygen atoms in total. The zero-order valence-corrected chi connectivity index (χ0v) is 11.3. The maximum absolute atomic E-state index is 12.2. The van der Waals surface area contributed by atoms with Crippen molar-refractivity contribution in [2.24, 2.45) is 0 Å². The molecule has 102 valence electrons. The summed E-state index contributed by atoms with van der Waals surface area (Å²) in [6.07, 6.45) is 1.33. The van der Waals surface area contributed by atoms with Gasteiger partial charge in [0.05, 0.1) is 11.4 Å². The van der Waals surface area contributed by atoms with Gasteiger partial charge in [-0.25, -0.2) is 18.1 Å². The third kappa shape index (κ3) is 2.54. The Labute approximate surface area is 115 Å². The number of aromatic amines is 1. The van der Waals surface area contributed by atoms with Crippen LogP contribution in [0, 0.1) is 0 Å². The van der Waals surface area contributed by atoms with Gasteiger partial charge in [-0.15, -0.1) is 0 Å². The lowest BCUT2D eigenvalue weighted by Gasteiger charge is -2.06. The highest BCUT2D eigenvalue weighted by Crippen LogP contribution is 2.18. The molecule has 2 aromatic carbocycles. The van der Waals surface area contributed by atoms with Crippen molar-refractivity contribution in [1.82, 2.24) is 19.9 Å². The van der Waals surface area contributed by atoms with Crippen LogP contribution in [0.2, 0.25) is 0 Å². The zero-order chi connectivity index (χ0) is 14.0. The van der Waals surface area contributed by atoms with Gasteiger partial charge < -0.3 is 0 Å². The summed E-state index contributed by atoms with van der Waals surface area (Å²) in [5, 5.41) is 8.15. The molecule has 0 unspecified atom stereocenters. The second kappa shape index (κ2) is 5.03. The summed E-state index contributed by atoms with van der Waals surface area (Å²) in [5.74, 6) is 0.467. The SMILES string of the molecule is O=S(=O)(NCc1ncn[nH]1)c1ccc2ccccc2c1. The van der Waals surface area contributed by atoms with E-state index in [1.54, 1.807) is 18.2 Å². The van der Waals surface area contributed by atoms with Gasteiger partial charge in [0.15, 0.2) is 0 Å². The van der Waals surface area contributed by atoms with Crippen molar-refractivity contribution in [2.45, 2.75) is 11.4 Å². The molecule has 0 atom stereocenters. The van der Waals surface area contributed by atoms with Crippen molar-refractivity contribution >= 4 is 20.8 Å². The van der Waals surface area contributed by atoms with Gasteiger partial charge in [0, 0.05) is 0 Å². The predicted octanol–water partition coefficient (Wildman–Crippen LogP) is 1.44. The molecule has 3 rings (SSSR count). The van der Waals surface area contributed by atoms with Gasteiger partial charge in [0.1, 0.15) is 12.2 Å². The molecule has 0 aliphatic heterocycles. The number of hydrogen-bond donors (Lipinski definition) is 2. The smallest absolute Gasteiger partial charge is 0.240 e. The van der Waals surface area contributed by atoms with Gasteiger partial charge in [-0.05, 0) is 22.9 Å². The molecule has 1 aromatic heterocycles. The van der Waals surface area contributed by atoms with Crippen molar-refractivity contribution in [1.29, 1.82) is 0 Å². The van der Waals surface area contributed by atoms with Crippen LogP contribution < -0.4 is 4.72 Å². The summed E-state index contributed by atoms with van der Waals surface area (Å²) in [7, 11) is -3.57. The van der Waals surface area contributed by atoms with Crippen molar-refractivity contribution in [2.75, 3.05) is 0 Å². The molecule has 0 saturated carbocycles. The Kier molecular flexibility index (Phi) is 3.21. The lowest BCUT2D eigenvalue weighted by atomic mass is 10.1. The molecule has 0 aliphatic carbocycles. The molecule has 0 radical (unpaired) electrons. The van der Waals surface area contributed by atoms with E-state index in [4.69, 9.17) is 0 Å². The van der Waals surface area contributed by atoms with Crippen LogP contribution in [-0.4, -0.2) is 23.6 Å². The summed E-state index contributed by atoms with van der Waals surface area (Å²) in [6, 6.07) is 12.6. The lowest BCUT2D eigenvalue weighted by Crippen LogP contribution is -2.23. The minimum Gasteiger partial charge on any atom is -0.262 e. The fourth-order valence-corrected chi connectivity index (χ4v) is 2.92. The third-order valence-corrected chi connectivity index (χ3v) is 4.32. The highest BCUT2D eigenvalue weighted by molar-refractivity contribution is 7.89. The van der Waals surface area contributed by atoms with Crippen molar-refractivity contribution in [3.8, 4) is 0 Å². The first-order chi connectivity index (χ1) is 9.65. The van der Waals surface area contributed by atoms with Crippen LogP contribution in [0.1, 0.15) is 5.82 Å². The summed E-state index contributed by atoms with van der Waals surface area (Å²) >= 11 is 0. The monoisotopic (exact) mass is 288 g/mol. The summed E-state index contributed by atoms with van der Waals surface area (Å²) in [4.78, 5) is 4.10. The number of aromatic nitrogens is 3. The maximum Gasteiger partial charge on any atom is 0.240 e. The van der Waals surface area contributed by atoms with E-state index in [2.05, 4.69) is 19.9 Å². The topological polar surface area (TPSA) is 87.7 Å². The van der Waals surface area contributed by atoms with Crippen molar-refractivity contribution in [3.05, 3.63) is 54.6 Å². The van der Waals surface area contributed by atoms with E-state index in [0.717, 1.165) is 10.8 Å². The van der Waals surface area contributed by atoms with E-state index in [1.807, 2.05) is 24.3 Å². The molecule has 0 fully saturated rings. The standard InChI is InChI=1S/C13H12N4O2S/c18-20(19,16-8-13-14-9-15-17-13)12-6-5-10-3-1-2-4-11(10)7-12/h1-7,9,16H,8H2,(H,14,15,17). The molecule has 2 N–H and O–H groups in total. The zero-order valence-electron chi connectivity index (χ0n) is 10.4. The fraction of sp³-hybridized carbons (Fsp3) is 0.0769. The van der Waals surface area contributed by atoms with Crippen molar-refractivity contribution in [3.63, 3.8) is 0 Å². The first-order valence-corrected chi connectivity index (χ1v) is 7.46. The van der Waals surface area contributed by atoms with E-state index in [1.165, 1.54) is 6.33 Å². The van der Waals surface area contributed by atoms with Gasteiger partial charge in [-0.3, -0.25) is 5.10 Å². The summed E-state index contributed by atoms with van der Waals surface area (Å²) < 4.78 is 26.9. The Morgan fingerprint density at radius 3 is 2.65 bits per heavy atom. The van der Waals surface area contributed by atoms with Gasteiger partial charge in [-0.1, -0.05) is 30.3 Å². The molecular formula is C13H12N4O2S. The minimum atomic E-state index is -3.57. The normalized spacial score (nSPS) is 11.8. The second-order valence-corrected chi connectivity index (χ2v) is 6.03. The molecule has 0 amide bonds. The Morgan fingerprint density at radius 1 is 1.10 bits per heavy atom. The average molecular weight is 288 g/mol. The fourth-order valence-electron chi connectivity index (χ4n) is 1.90. The highest BCUT2D eigenvalue weighted by Gasteiger charge is 2.14. The number of fused-ring (bicyclic) bond motifs is 1. The first kappa shape index (κ1) is 12.8. The van der Waals surface area contributed by atoms with E-state index >= 15 is 0 Å². The minimum absolute atomic E-state index is 0.0785. The Balaban J connectivity index is 1.88. The van der Waals surface area contributed by atoms with Gasteiger partial charge in [-0.2, -0.15) is 5.10 Å². The largest absolute Gasteiger partial charge is 0.262 e. The number of sulfonamides is 1. The lowest BCUT2D eigenvalue weighted by molar-refractivity contribution is 0.579. The number of H-pyrrole nitrogens is 1. The molecule has 20 heavy (non-hydrogen) atoms. The Hall–Kier alpha value is -2.25. The molecule has 0 spiro atoms. The first-order valence-electron chi connectivity index (χ1n) is 5.98. The van der Waals surface area contributed by atoms with Crippen LogP contribution >= 0.6 is 0 Å². The van der Waals surface area contributed by atoms with E-state index < -0.39 is 10.0 Å². The number of benzene rings is 2. The van der Waals surface area contributed by atoms with Crippen LogP contribution in [0.5, 0.6) is 0 Å². The quantitative estimate of drug-likeness (QED) is 0.760. The summed E-state index contributed by atoms with van der Waals surface area (Å²) in [5.41, 5.74) is 0. The summed E-state index contributed by atoms with van der Waals surface area (Å²) in [6.45, 7) is 0.0785. The van der Waals surface area contributed by atoms with Crippen LogP contribution in [0.15, 0.2) is 53.7 Å². The average Bonchev–Trinajstić information content (AvgIpc) is 2.98. The molecule has 7 heteroatoms. The van der Waals surface area contributed by atoms with Crippen LogP contribution in [0.3, 0.4) is 0 Å². The third-order valence-electron chi connectivity index (χ3n) is 2.93. The van der Waals surface area contributed by atoms with Gasteiger partial charge in [0.2, 0.25) is 10.0 Å². The number of nitrogens with zero attached hydrogens (tertiary/aromatic N) is 2. The molecule has 0 aliphatic rings. The highest BCUT2D eigenvalue weighted by atomic mass is 32.2. The molecule has 0 saturated heterocycles. The van der Waals surface area contributed by atoms with E-state index in [-0.39, 0.29) is 11.4 Å². The van der Waals surface area contributed by atoms with Crippen LogP contribution in [0.25, 0.3) is 10.8 Å². The van der Waals surface area contributed by atoms with E-state index in [9.17, 15) is 8.42 Å². The Bertz CT molecular complexity index is 828. The molecule has 0 bridgehead atoms. The van der Waals surface area contributed by atoms with Crippen LogP contribution in [0.4, 0.5) is 0 Å². The Morgan fingerprint density at radius 2 is 1.90 bits per heavy atom. The number of nitrogens with one attached hydrogen (secondary N) is 2. The molecule has 1 heterocycles. The maximum atomic E-state index is 12.2. The number of rotatable bonds is 4. The number of hydrogen-bond acceptors (Lipinski definition) is 4. The second-order valence-electron chi connectivity index (χ2n) is 4.27. The van der Waals surface area contributed by atoms with Gasteiger partial charge >= 0.3 is 0 Å². The predicted molar refractivity (Wildman–Crippen MR) is 74.4 cm³/mol. The van der Waals surface area contributed by atoms with Crippen LogP contribution in [-0.2, 0) is 16.6 Å².